The predicted octanol–water partition coefficient (Wildman–Crippen LogP) is 3.34. The average Bonchev–Trinajstić information content (AvgIpc) is 2.36. The molecule has 0 heterocycles. The van der Waals surface area contributed by atoms with Gasteiger partial charge in [0.1, 0.15) is 0 Å². The zero-order chi connectivity index (χ0) is 13.1. The molecule has 3 N–H and O–H groups in total. The van der Waals surface area contributed by atoms with Crippen LogP contribution in [0.4, 0.5) is 11.4 Å². The van der Waals surface area contributed by atoms with Crippen molar-refractivity contribution in [2.75, 3.05) is 11.1 Å². The first-order chi connectivity index (χ1) is 8.58. The third-order valence-electron chi connectivity index (χ3n) is 4.02. The quantitative estimate of drug-likeness (QED) is 0.786. The highest BCUT2D eigenvalue weighted by Crippen LogP contribution is 2.30. The molecule has 1 aliphatic carbocycles. The molecule has 3 heteroatoms. The summed E-state index contributed by atoms with van der Waals surface area (Å²) in [5.41, 5.74) is 8.37. The van der Waals surface area contributed by atoms with Crippen LogP contribution in [0.1, 0.15) is 38.2 Å². The Balaban J connectivity index is 2.01. The van der Waals surface area contributed by atoms with E-state index in [0.717, 1.165) is 48.5 Å². The van der Waals surface area contributed by atoms with Crippen molar-refractivity contribution in [3.63, 3.8) is 0 Å². The summed E-state index contributed by atoms with van der Waals surface area (Å²) >= 11 is 0. The van der Waals surface area contributed by atoms with E-state index in [-0.39, 0.29) is 11.8 Å². The van der Waals surface area contributed by atoms with E-state index in [1.807, 2.05) is 25.1 Å². The van der Waals surface area contributed by atoms with Gasteiger partial charge in [-0.25, -0.2) is 0 Å². The maximum atomic E-state index is 12.2. The van der Waals surface area contributed by atoms with Crippen molar-refractivity contribution in [2.45, 2.75) is 39.5 Å². The van der Waals surface area contributed by atoms with Crippen LogP contribution >= 0.6 is 0 Å². The van der Waals surface area contributed by atoms with Gasteiger partial charge in [-0.1, -0.05) is 13.0 Å². The minimum Gasteiger partial charge on any atom is -0.398 e. The first-order valence-electron chi connectivity index (χ1n) is 6.74. The number of carbonyl (C=O) groups excluding carboxylic acids is 1. The third kappa shape index (κ3) is 2.84. The van der Waals surface area contributed by atoms with E-state index in [9.17, 15) is 4.79 Å². The standard InChI is InChI=1S/C15H22N2O/c1-10-6-8-12(9-7-10)15(18)17-14-5-3-4-13(16)11(14)2/h3-5,10,12H,6-9,16H2,1-2H3,(H,17,18). The van der Waals surface area contributed by atoms with Crippen molar-refractivity contribution in [1.29, 1.82) is 0 Å². The van der Waals surface area contributed by atoms with E-state index in [2.05, 4.69) is 12.2 Å². The highest BCUT2D eigenvalue weighted by atomic mass is 16.1. The molecule has 1 saturated carbocycles. The SMILES string of the molecule is Cc1c(N)cccc1NC(=O)C1CCC(C)CC1. The second kappa shape index (κ2) is 5.42. The maximum absolute atomic E-state index is 12.2. The lowest BCUT2D eigenvalue weighted by Gasteiger charge is -2.25. The number of rotatable bonds is 2. The van der Waals surface area contributed by atoms with Crippen molar-refractivity contribution >= 4 is 17.3 Å². The van der Waals surface area contributed by atoms with Gasteiger partial charge in [-0.15, -0.1) is 0 Å². The van der Waals surface area contributed by atoms with Crippen molar-refractivity contribution < 1.29 is 4.79 Å². The monoisotopic (exact) mass is 246 g/mol. The molecule has 1 aromatic rings. The van der Waals surface area contributed by atoms with Gasteiger partial charge in [-0.2, -0.15) is 0 Å². The van der Waals surface area contributed by atoms with E-state index in [4.69, 9.17) is 5.73 Å². The number of nitrogens with one attached hydrogen (secondary N) is 1. The van der Waals surface area contributed by atoms with Crippen LogP contribution in [0.2, 0.25) is 0 Å². The second-order valence-electron chi connectivity index (χ2n) is 5.47. The van der Waals surface area contributed by atoms with E-state index in [0.29, 0.717) is 0 Å². The molecule has 1 fully saturated rings. The molecule has 0 bridgehead atoms. The van der Waals surface area contributed by atoms with Crippen molar-refractivity contribution in [3.05, 3.63) is 23.8 Å². The Kier molecular flexibility index (Phi) is 3.90. The molecule has 98 valence electrons. The number of benzene rings is 1. The predicted molar refractivity (Wildman–Crippen MR) is 75.3 cm³/mol. The number of hydrogen-bond donors (Lipinski definition) is 2. The second-order valence-corrected chi connectivity index (χ2v) is 5.47. The fraction of sp³-hybridized carbons (Fsp3) is 0.533. The average molecular weight is 246 g/mol. The summed E-state index contributed by atoms with van der Waals surface area (Å²) in [5, 5.41) is 3.02. The lowest BCUT2D eigenvalue weighted by Crippen LogP contribution is -2.26. The van der Waals surface area contributed by atoms with Crippen LogP contribution in [0.25, 0.3) is 0 Å². The fourth-order valence-electron chi connectivity index (χ4n) is 2.55. The largest absolute Gasteiger partial charge is 0.398 e. The molecule has 0 atom stereocenters. The minimum absolute atomic E-state index is 0.149. The van der Waals surface area contributed by atoms with Crippen molar-refractivity contribution in [1.82, 2.24) is 0 Å². The molecule has 0 aromatic heterocycles. The summed E-state index contributed by atoms with van der Waals surface area (Å²) in [7, 11) is 0. The van der Waals surface area contributed by atoms with Gasteiger partial charge in [-0.05, 0) is 56.2 Å². The summed E-state index contributed by atoms with van der Waals surface area (Å²) in [4.78, 5) is 12.2. The van der Waals surface area contributed by atoms with E-state index >= 15 is 0 Å². The summed E-state index contributed by atoms with van der Waals surface area (Å²) < 4.78 is 0. The maximum Gasteiger partial charge on any atom is 0.227 e. The Morgan fingerprint density at radius 1 is 1.28 bits per heavy atom. The van der Waals surface area contributed by atoms with Gasteiger partial charge in [0.15, 0.2) is 0 Å². The van der Waals surface area contributed by atoms with Crippen LogP contribution in [0.15, 0.2) is 18.2 Å². The molecule has 0 saturated heterocycles. The molecule has 0 unspecified atom stereocenters. The van der Waals surface area contributed by atoms with E-state index < -0.39 is 0 Å². The van der Waals surface area contributed by atoms with Gasteiger partial charge < -0.3 is 11.1 Å². The van der Waals surface area contributed by atoms with Crippen molar-refractivity contribution in [2.24, 2.45) is 11.8 Å². The van der Waals surface area contributed by atoms with Gasteiger partial charge >= 0.3 is 0 Å². The summed E-state index contributed by atoms with van der Waals surface area (Å²) in [6.07, 6.45) is 4.34. The summed E-state index contributed by atoms with van der Waals surface area (Å²) in [6, 6.07) is 5.64. The molecule has 0 spiro atoms. The van der Waals surface area contributed by atoms with Gasteiger partial charge in [0.2, 0.25) is 5.91 Å². The minimum atomic E-state index is 0.149. The third-order valence-corrected chi connectivity index (χ3v) is 4.02. The molecule has 1 aliphatic rings. The normalized spacial score (nSPS) is 23.7. The first kappa shape index (κ1) is 12.9. The van der Waals surface area contributed by atoms with Gasteiger partial charge in [0.05, 0.1) is 0 Å². The van der Waals surface area contributed by atoms with Crippen LogP contribution in [-0.2, 0) is 4.79 Å². The molecule has 0 aliphatic heterocycles. The Morgan fingerprint density at radius 3 is 2.61 bits per heavy atom. The van der Waals surface area contributed by atoms with Crippen LogP contribution in [0.3, 0.4) is 0 Å². The van der Waals surface area contributed by atoms with Crippen LogP contribution in [0.5, 0.6) is 0 Å². The zero-order valence-electron chi connectivity index (χ0n) is 11.2. The number of nitrogen functional groups attached to an aromatic ring is 1. The number of nitrogens with two attached hydrogens (primary N) is 1. The summed E-state index contributed by atoms with van der Waals surface area (Å²) in [6.45, 7) is 4.20. The molecule has 2 rings (SSSR count). The molecule has 1 amide bonds. The molecule has 1 aromatic carbocycles. The Bertz CT molecular complexity index is 434. The lowest BCUT2D eigenvalue weighted by molar-refractivity contribution is -0.121. The van der Waals surface area contributed by atoms with Crippen LogP contribution in [0, 0.1) is 18.8 Å². The zero-order valence-corrected chi connectivity index (χ0v) is 11.2. The van der Waals surface area contributed by atoms with Gasteiger partial charge in [0, 0.05) is 17.3 Å². The summed E-state index contributed by atoms with van der Waals surface area (Å²) in [5.74, 6) is 1.08. The highest BCUT2D eigenvalue weighted by molar-refractivity contribution is 5.94. The Labute approximate surface area is 109 Å². The van der Waals surface area contributed by atoms with E-state index in [1.54, 1.807) is 0 Å². The van der Waals surface area contributed by atoms with Crippen LogP contribution in [-0.4, -0.2) is 5.91 Å². The molecule has 3 nitrogen and oxygen atoms in total. The number of hydrogen-bond acceptors (Lipinski definition) is 2. The van der Waals surface area contributed by atoms with Gasteiger partial charge in [0.25, 0.3) is 0 Å². The van der Waals surface area contributed by atoms with E-state index in [1.165, 1.54) is 0 Å². The molecule has 18 heavy (non-hydrogen) atoms. The fourth-order valence-corrected chi connectivity index (χ4v) is 2.55. The van der Waals surface area contributed by atoms with Gasteiger partial charge in [-0.3, -0.25) is 4.79 Å². The topological polar surface area (TPSA) is 55.1 Å². The van der Waals surface area contributed by atoms with Crippen molar-refractivity contribution in [3.8, 4) is 0 Å². The first-order valence-corrected chi connectivity index (χ1v) is 6.74. The smallest absolute Gasteiger partial charge is 0.227 e. The Hall–Kier alpha value is -1.51. The molecule has 0 radical (unpaired) electrons. The lowest BCUT2D eigenvalue weighted by atomic mass is 9.82. The number of anilines is 2. The molecular weight excluding hydrogens is 224 g/mol. The van der Waals surface area contributed by atoms with Crippen LogP contribution < -0.4 is 11.1 Å². The highest BCUT2D eigenvalue weighted by Gasteiger charge is 2.24. The number of carbonyl (C=O) groups is 1. The molecular formula is C15H22N2O. The Morgan fingerprint density at radius 2 is 1.94 bits per heavy atom. The number of amides is 1.